The number of nitrogens with one attached hydrogen (secondary N) is 5. The average Bonchev–Trinajstić information content (AvgIpc) is 3.62. The number of rotatable bonds is 12. The molecule has 7 N–H and O–H groups in total. The van der Waals surface area contributed by atoms with Gasteiger partial charge in [-0.25, -0.2) is 4.79 Å². The van der Waals surface area contributed by atoms with Crippen LogP contribution in [-0.4, -0.2) is 75.7 Å². The lowest BCUT2D eigenvalue weighted by atomic mass is 10.0. The van der Waals surface area contributed by atoms with Gasteiger partial charge >= 0.3 is 5.97 Å². The Morgan fingerprint density at radius 2 is 1.60 bits per heavy atom. The van der Waals surface area contributed by atoms with Crippen LogP contribution in [0.5, 0.6) is 0 Å². The first-order valence-electron chi connectivity index (χ1n) is 13.4. The van der Waals surface area contributed by atoms with Gasteiger partial charge in [-0.1, -0.05) is 48.5 Å². The molecule has 4 rings (SSSR count). The first kappa shape index (κ1) is 28.8. The van der Waals surface area contributed by atoms with Gasteiger partial charge in [0.05, 0.1) is 12.1 Å². The quantitative estimate of drug-likeness (QED) is 0.173. The number of aromatic amines is 1. The highest BCUT2D eigenvalue weighted by Crippen LogP contribution is 2.19. The van der Waals surface area contributed by atoms with Crippen LogP contribution in [0.2, 0.25) is 0 Å². The third-order valence-electron chi connectivity index (χ3n) is 7.07. The first-order chi connectivity index (χ1) is 19.2. The molecule has 0 bridgehead atoms. The molecule has 40 heavy (non-hydrogen) atoms. The lowest BCUT2D eigenvalue weighted by molar-refractivity contribution is -0.145. The second-order valence-corrected chi connectivity index (χ2v) is 10.1. The fourth-order valence-corrected chi connectivity index (χ4v) is 4.88. The lowest BCUT2D eigenvalue weighted by Gasteiger charge is -2.26. The number of aliphatic hydroxyl groups is 1. The van der Waals surface area contributed by atoms with Crippen molar-refractivity contribution in [1.82, 2.24) is 26.3 Å². The average molecular weight is 550 g/mol. The van der Waals surface area contributed by atoms with E-state index in [2.05, 4.69) is 26.3 Å². The predicted octanol–water partition coefficient (Wildman–Crippen LogP) is 0.625. The van der Waals surface area contributed by atoms with Crippen LogP contribution in [0.25, 0.3) is 10.9 Å². The number of hydrogen-bond acceptors (Lipinski definition) is 6. The molecule has 1 aliphatic heterocycles. The van der Waals surface area contributed by atoms with Gasteiger partial charge in [0.15, 0.2) is 6.04 Å². The van der Waals surface area contributed by atoms with Crippen molar-refractivity contribution >= 4 is 34.6 Å². The molecule has 11 nitrogen and oxygen atoms in total. The summed E-state index contributed by atoms with van der Waals surface area (Å²) in [4.78, 5) is 54.7. The van der Waals surface area contributed by atoms with Crippen molar-refractivity contribution < 1.29 is 29.4 Å². The highest BCUT2D eigenvalue weighted by Gasteiger charge is 2.33. The van der Waals surface area contributed by atoms with Crippen LogP contribution in [0.15, 0.2) is 60.8 Å². The van der Waals surface area contributed by atoms with Crippen molar-refractivity contribution in [2.75, 3.05) is 6.54 Å². The Balaban J connectivity index is 1.59. The molecule has 2 heterocycles. The van der Waals surface area contributed by atoms with Crippen LogP contribution >= 0.6 is 0 Å². The Hall–Kier alpha value is -4.22. The van der Waals surface area contributed by atoms with Crippen molar-refractivity contribution in [2.45, 2.75) is 62.9 Å². The normalized spacial score (nSPS) is 17.9. The van der Waals surface area contributed by atoms with Crippen LogP contribution < -0.4 is 21.3 Å². The zero-order chi connectivity index (χ0) is 28.6. The molecule has 1 fully saturated rings. The molecule has 3 amide bonds. The number of carbonyl (C=O) groups excluding carboxylic acids is 3. The molecule has 0 aliphatic carbocycles. The first-order valence-corrected chi connectivity index (χ1v) is 13.4. The van der Waals surface area contributed by atoms with Gasteiger partial charge in [0.2, 0.25) is 17.7 Å². The fraction of sp³-hybridized carbons (Fsp3) is 0.379. The van der Waals surface area contributed by atoms with E-state index in [0.717, 1.165) is 28.5 Å². The molecule has 5 unspecified atom stereocenters. The minimum atomic E-state index is -1.57. The fourth-order valence-electron chi connectivity index (χ4n) is 4.88. The van der Waals surface area contributed by atoms with E-state index in [9.17, 15) is 29.4 Å². The molecule has 212 valence electrons. The van der Waals surface area contributed by atoms with Crippen LogP contribution in [-0.2, 0) is 32.0 Å². The van der Waals surface area contributed by atoms with E-state index in [1.54, 1.807) is 6.20 Å². The summed E-state index contributed by atoms with van der Waals surface area (Å²) in [7, 11) is 0. The molecule has 1 aliphatic rings. The summed E-state index contributed by atoms with van der Waals surface area (Å²) in [6.45, 7) is 1.98. The van der Waals surface area contributed by atoms with E-state index in [4.69, 9.17) is 0 Å². The Kier molecular flexibility index (Phi) is 9.52. The molecular formula is C29H35N5O6. The molecule has 1 saturated heterocycles. The zero-order valence-corrected chi connectivity index (χ0v) is 22.2. The highest BCUT2D eigenvalue weighted by atomic mass is 16.4. The largest absolute Gasteiger partial charge is 0.480 e. The maximum Gasteiger partial charge on any atom is 0.328 e. The molecule has 0 radical (unpaired) electrons. The second-order valence-electron chi connectivity index (χ2n) is 10.1. The Labute approximate surface area is 231 Å². The van der Waals surface area contributed by atoms with Crippen molar-refractivity contribution in [3.05, 3.63) is 71.9 Å². The number of aliphatic carboxylic acids is 1. The molecule has 3 aromatic rings. The number of aliphatic hydroxyl groups excluding tert-OH is 1. The summed E-state index contributed by atoms with van der Waals surface area (Å²) in [5, 5.41) is 31.3. The molecule has 5 atom stereocenters. The Morgan fingerprint density at radius 1 is 0.925 bits per heavy atom. The van der Waals surface area contributed by atoms with Crippen molar-refractivity contribution in [2.24, 2.45) is 0 Å². The van der Waals surface area contributed by atoms with Gasteiger partial charge in [0.1, 0.15) is 12.1 Å². The van der Waals surface area contributed by atoms with Crippen molar-refractivity contribution in [1.29, 1.82) is 0 Å². The Bertz CT molecular complexity index is 1330. The number of para-hydroxylation sites is 1. The third kappa shape index (κ3) is 7.25. The van der Waals surface area contributed by atoms with E-state index in [0.29, 0.717) is 13.0 Å². The molecule has 0 spiro atoms. The number of fused-ring (bicyclic) bond motifs is 1. The van der Waals surface area contributed by atoms with Crippen molar-refractivity contribution in [3.8, 4) is 0 Å². The number of carboxylic acid groups (broad SMARTS) is 1. The number of carbonyl (C=O) groups is 4. The monoisotopic (exact) mass is 549 g/mol. The molecule has 1 aromatic heterocycles. The standard InChI is InChI=1S/C29H35N5O6/c1-17(35)25(29(39)40)34-28(38)24(15-19-16-31-21-11-6-5-10-20(19)21)33-27(37)23(14-18-8-3-2-4-9-18)32-26(36)22-12-7-13-30-22/h2-6,8-11,16-17,22-25,30-31,35H,7,12-15H2,1H3,(H,32,36)(H,33,37)(H,34,38)(H,39,40). The van der Waals surface area contributed by atoms with Gasteiger partial charge in [-0.15, -0.1) is 0 Å². The van der Waals surface area contributed by atoms with Gasteiger partial charge in [0.25, 0.3) is 0 Å². The topological polar surface area (TPSA) is 173 Å². The van der Waals surface area contributed by atoms with Gasteiger partial charge in [-0.2, -0.15) is 0 Å². The van der Waals surface area contributed by atoms with Gasteiger partial charge in [0, 0.05) is 29.9 Å². The number of carboxylic acids is 1. The summed E-state index contributed by atoms with van der Waals surface area (Å²) in [5.74, 6) is -3.06. The predicted molar refractivity (Wildman–Crippen MR) is 148 cm³/mol. The number of aromatic nitrogens is 1. The summed E-state index contributed by atoms with van der Waals surface area (Å²) in [6, 6.07) is 12.5. The molecule has 0 saturated carbocycles. The lowest BCUT2D eigenvalue weighted by Crippen LogP contribution is -2.59. The van der Waals surface area contributed by atoms with Gasteiger partial charge in [-0.05, 0) is 43.5 Å². The van der Waals surface area contributed by atoms with E-state index in [1.165, 1.54) is 6.92 Å². The molecule has 11 heteroatoms. The van der Waals surface area contributed by atoms with Gasteiger partial charge in [-0.3, -0.25) is 14.4 Å². The summed E-state index contributed by atoms with van der Waals surface area (Å²) >= 11 is 0. The number of hydrogen-bond donors (Lipinski definition) is 7. The summed E-state index contributed by atoms with van der Waals surface area (Å²) in [5.41, 5.74) is 2.40. The van der Waals surface area contributed by atoms with E-state index < -0.39 is 48.1 Å². The van der Waals surface area contributed by atoms with Crippen molar-refractivity contribution in [3.63, 3.8) is 0 Å². The molecular weight excluding hydrogens is 514 g/mol. The minimum Gasteiger partial charge on any atom is -0.480 e. The van der Waals surface area contributed by atoms with Crippen LogP contribution in [0.4, 0.5) is 0 Å². The maximum atomic E-state index is 13.7. The highest BCUT2D eigenvalue weighted by molar-refractivity contribution is 5.95. The van der Waals surface area contributed by atoms with Crippen LogP contribution in [0.3, 0.4) is 0 Å². The van der Waals surface area contributed by atoms with E-state index in [1.807, 2.05) is 54.6 Å². The van der Waals surface area contributed by atoms with E-state index >= 15 is 0 Å². The summed E-state index contributed by atoms with van der Waals surface area (Å²) in [6.07, 6.45) is 2.12. The van der Waals surface area contributed by atoms with E-state index in [-0.39, 0.29) is 18.7 Å². The number of benzene rings is 2. The molecule has 2 aromatic carbocycles. The SMILES string of the molecule is CC(O)C(NC(=O)C(Cc1c[nH]c2ccccc12)NC(=O)C(Cc1ccccc1)NC(=O)C1CCCN1)C(=O)O. The Morgan fingerprint density at radius 3 is 2.27 bits per heavy atom. The van der Waals surface area contributed by atoms with Crippen LogP contribution in [0.1, 0.15) is 30.9 Å². The smallest absolute Gasteiger partial charge is 0.328 e. The number of amides is 3. The number of H-pyrrole nitrogens is 1. The third-order valence-corrected chi connectivity index (χ3v) is 7.07. The maximum absolute atomic E-state index is 13.7. The van der Waals surface area contributed by atoms with Gasteiger partial charge < -0.3 is 36.5 Å². The van der Waals surface area contributed by atoms with Crippen LogP contribution in [0, 0.1) is 0 Å². The minimum absolute atomic E-state index is 0.0456. The summed E-state index contributed by atoms with van der Waals surface area (Å²) < 4.78 is 0. The second kappa shape index (κ2) is 13.2. The zero-order valence-electron chi connectivity index (χ0n) is 22.2.